The Labute approximate surface area is 167 Å². The van der Waals surface area contributed by atoms with Gasteiger partial charge >= 0.3 is 0 Å². The van der Waals surface area contributed by atoms with Crippen LogP contribution in [0.3, 0.4) is 0 Å². The van der Waals surface area contributed by atoms with Crippen molar-refractivity contribution in [1.82, 2.24) is 4.98 Å². The van der Waals surface area contributed by atoms with Crippen LogP contribution in [0.25, 0.3) is 22.6 Å². The second kappa shape index (κ2) is 8.07. The maximum absolute atomic E-state index is 13.2. The van der Waals surface area contributed by atoms with Crippen LogP contribution >= 0.6 is 11.6 Å². The van der Waals surface area contributed by atoms with Gasteiger partial charge in [-0.05, 0) is 42.3 Å². The summed E-state index contributed by atoms with van der Waals surface area (Å²) in [6, 6.07) is 14.4. The Bertz CT molecular complexity index is 1080. The molecular weight excluding hydrogens is 386 g/mol. The first-order valence-electron chi connectivity index (χ1n) is 8.45. The number of rotatable bonds is 4. The summed E-state index contributed by atoms with van der Waals surface area (Å²) in [7, 11) is 0. The predicted molar refractivity (Wildman–Crippen MR) is 99.5 cm³/mol. The Hall–Kier alpha value is -2.43. The standard InChI is InChI=1S/C21H17ClFN2O.ClH/c1-2-14-3-6-20-19(11-14)24-21(26-20)15-7-9-25(10-8-15)13-16-4-5-17(23)12-18(16)22;/h3-12H,2,13H2,1H3;1H/q+1;/p-1. The van der Waals surface area contributed by atoms with Gasteiger partial charge < -0.3 is 16.8 Å². The summed E-state index contributed by atoms with van der Waals surface area (Å²) in [6.45, 7) is 2.68. The van der Waals surface area contributed by atoms with E-state index in [4.69, 9.17) is 16.0 Å². The minimum atomic E-state index is -0.332. The van der Waals surface area contributed by atoms with Gasteiger partial charge in [-0.25, -0.2) is 13.9 Å². The van der Waals surface area contributed by atoms with Crippen molar-refractivity contribution in [2.45, 2.75) is 19.9 Å². The average Bonchev–Trinajstić information content (AvgIpc) is 3.07. The highest BCUT2D eigenvalue weighted by Crippen LogP contribution is 2.24. The normalized spacial score (nSPS) is 10.8. The van der Waals surface area contributed by atoms with Crippen LogP contribution in [-0.2, 0) is 13.0 Å². The SMILES string of the molecule is CCc1ccc2oc(-c3cc[n+](Cc4ccc(F)cc4Cl)cc3)nc2c1.[Cl-]. The van der Waals surface area contributed by atoms with Crippen LogP contribution in [0.2, 0.25) is 5.02 Å². The van der Waals surface area contributed by atoms with Gasteiger partial charge in [-0.3, -0.25) is 0 Å². The molecule has 0 bridgehead atoms. The largest absolute Gasteiger partial charge is 1.00 e. The van der Waals surface area contributed by atoms with Crippen molar-refractivity contribution in [1.29, 1.82) is 0 Å². The monoisotopic (exact) mass is 402 g/mol. The van der Waals surface area contributed by atoms with Crippen LogP contribution < -0.4 is 17.0 Å². The van der Waals surface area contributed by atoms with E-state index in [1.807, 2.05) is 35.2 Å². The molecule has 0 aliphatic heterocycles. The number of hydrogen-bond donors (Lipinski definition) is 0. The number of fused-ring (bicyclic) bond motifs is 1. The zero-order valence-corrected chi connectivity index (χ0v) is 16.1. The fourth-order valence-corrected chi connectivity index (χ4v) is 3.10. The van der Waals surface area contributed by atoms with Gasteiger partial charge in [0.15, 0.2) is 24.5 Å². The molecule has 138 valence electrons. The fraction of sp³-hybridized carbons (Fsp3) is 0.143. The summed E-state index contributed by atoms with van der Waals surface area (Å²) in [5.41, 5.74) is 4.65. The second-order valence-corrected chi connectivity index (χ2v) is 6.58. The number of nitrogens with zero attached hydrogens (tertiary/aromatic N) is 2. The molecule has 0 saturated carbocycles. The van der Waals surface area contributed by atoms with E-state index in [0.717, 1.165) is 28.6 Å². The van der Waals surface area contributed by atoms with Crippen molar-refractivity contribution in [2.24, 2.45) is 0 Å². The van der Waals surface area contributed by atoms with Crippen LogP contribution in [0.15, 0.2) is 65.3 Å². The molecule has 27 heavy (non-hydrogen) atoms. The lowest BCUT2D eigenvalue weighted by molar-refractivity contribution is -0.688. The first-order valence-corrected chi connectivity index (χ1v) is 8.83. The minimum absolute atomic E-state index is 0. The van der Waals surface area contributed by atoms with Gasteiger partial charge in [-0.1, -0.05) is 24.6 Å². The first-order chi connectivity index (χ1) is 12.6. The van der Waals surface area contributed by atoms with Crippen molar-refractivity contribution < 1.29 is 25.8 Å². The smallest absolute Gasteiger partial charge is 0.227 e. The van der Waals surface area contributed by atoms with E-state index in [1.54, 1.807) is 6.07 Å². The molecule has 4 rings (SSSR count). The molecule has 2 heterocycles. The Morgan fingerprint density at radius 3 is 2.56 bits per heavy atom. The number of hydrogen-bond acceptors (Lipinski definition) is 2. The molecule has 0 amide bonds. The highest BCUT2D eigenvalue weighted by molar-refractivity contribution is 6.31. The lowest BCUT2D eigenvalue weighted by Crippen LogP contribution is -3.00. The number of pyridine rings is 1. The summed E-state index contributed by atoms with van der Waals surface area (Å²) in [6.07, 6.45) is 4.83. The van der Waals surface area contributed by atoms with E-state index < -0.39 is 0 Å². The average molecular weight is 403 g/mol. The second-order valence-electron chi connectivity index (χ2n) is 6.17. The van der Waals surface area contributed by atoms with Gasteiger partial charge in [-0.2, -0.15) is 0 Å². The fourth-order valence-electron chi connectivity index (χ4n) is 2.87. The van der Waals surface area contributed by atoms with Crippen LogP contribution in [0.1, 0.15) is 18.1 Å². The summed E-state index contributed by atoms with van der Waals surface area (Å²) in [4.78, 5) is 4.59. The first kappa shape index (κ1) is 19.3. The summed E-state index contributed by atoms with van der Waals surface area (Å²) >= 11 is 6.10. The number of aromatic nitrogens is 2. The molecule has 0 atom stereocenters. The number of benzene rings is 2. The molecule has 0 aliphatic carbocycles. The lowest BCUT2D eigenvalue weighted by atomic mass is 10.1. The number of aryl methyl sites for hydroxylation is 1. The van der Waals surface area contributed by atoms with E-state index in [2.05, 4.69) is 24.0 Å². The Morgan fingerprint density at radius 2 is 1.85 bits per heavy atom. The van der Waals surface area contributed by atoms with Crippen LogP contribution in [-0.4, -0.2) is 4.98 Å². The topological polar surface area (TPSA) is 29.9 Å². The van der Waals surface area contributed by atoms with Crippen molar-refractivity contribution in [3.8, 4) is 11.5 Å². The van der Waals surface area contributed by atoms with Gasteiger partial charge in [0.1, 0.15) is 11.3 Å². The minimum Gasteiger partial charge on any atom is -1.00 e. The number of halogens is 3. The molecule has 3 nitrogen and oxygen atoms in total. The molecule has 0 fully saturated rings. The molecule has 0 saturated heterocycles. The van der Waals surface area contributed by atoms with E-state index >= 15 is 0 Å². The highest BCUT2D eigenvalue weighted by atomic mass is 35.5. The van der Waals surface area contributed by atoms with Crippen molar-refractivity contribution in [3.05, 3.63) is 82.9 Å². The van der Waals surface area contributed by atoms with Gasteiger partial charge in [-0.15, -0.1) is 0 Å². The summed E-state index contributed by atoms with van der Waals surface area (Å²) in [5.74, 6) is 0.265. The highest BCUT2D eigenvalue weighted by Gasteiger charge is 2.12. The van der Waals surface area contributed by atoms with E-state index in [-0.39, 0.29) is 18.2 Å². The summed E-state index contributed by atoms with van der Waals surface area (Å²) < 4.78 is 21.0. The lowest BCUT2D eigenvalue weighted by Gasteiger charge is -2.01. The number of oxazole rings is 1. The summed E-state index contributed by atoms with van der Waals surface area (Å²) in [5, 5.41) is 0.423. The van der Waals surface area contributed by atoms with Gasteiger partial charge in [0, 0.05) is 23.3 Å². The predicted octanol–water partition coefficient (Wildman–Crippen LogP) is 2.19. The van der Waals surface area contributed by atoms with E-state index in [1.165, 1.54) is 17.7 Å². The van der Waals surface area contributed by atoms with E-state index in [9.17, 15) is 4.39 Å². The molecule has 0 aliphatic rings. The van der Waals surface area contributed by atoms with E-state index in [0.29, 0.717) is 17.5 Å². The maximum Gasteiger partial charge on any atom is 0.227 e. The quantitative estimate of drug-likeness (QED) is 0.489. The molecule has 2 aromatic carbocycles. The molecule has 0 radical (unpaired) electrons. The van der Waals surface area contributed by atoms with Gasteiger partial charge in [0.2, 0.25) is 5.89 Å². The Morgan fingerprint density at radius 1 is 1.07 bits per heavy atom. The van der Waals surface area contributed by atoms with Crippen molar-refractivity contribution >= 4 is 22.7 Å². The Kier molecular flexibility index (Phi) is 5.78. The molecule has 0 N–H and O–H groups in total. The third kappa shape index (κ3) is 4.12. The molecular formula is C21H17Cl2FN2O. The van der Waals surface area contributed by atoms with Gasteiger partial charge in [0.05, 0.1) is 5.02 Å². The van der Waals surface area contributed by atoms with Gasteiger partial charge in [0.25, 0.3) is 0 Å². The third-order valence-electron chi connectivity index (χ3n) is 4.37. The zero-order valence-electron chi connectivity index (χ0n) is 14.6. The Balaban J connectivity index is 0.00000210. The molecule has 4 aromatic rings. The molecule has 2 aromatic heterocycles. The molecule has 6 heteroatoms. The zero-order chi connectivity index (χ0) is 18.1. The van der Waals surface area contributed by atoms with Crippen molar-refractivity contribution in [2.75, 3.05) is 0 Å². The maximum atomic E-state index is 13.2. The molecule has 0 spiro atoms. The van der Waals surface area contributed by atoms with Crippen molar-refractivity contribution in [3.63, 3.8) is 0 Å². The van der Waals surface area contributed by atoms with Crippen LogP contribution in [0, 0.1) is 5.82 Å². The molecule has 0 unspecified atom stereocenters. The van der Waals surface area contributed by atoms with Crippen LogP contribution in [0.5, 0.6) is 0 Å². The van der Waals surface area contributed by atoms with Crippen LogP contribution in [0.4, 0.5) is 4.39 Å². The third-order valence-corrected chi connectivity index (χ3v) is 4.72.